The summed E-state index contributed by atoms with van der Waals surface area (Å²) in [6.07, 6.45) is 2.53. The van der Waals surface area contributed by atoms with Crippen molar-refractivity contribution >= 4 is 22.0 Å². The van der Waals surface area contributed by atoms with Crippen LogP contribution in [0.1, 0.15) is 17.4 Å². The van der Waals surface area contributed by atoms with Crippen LogP contribution in [0.15, 0.2) is 30.6 Å². The van der Waals surface area contributed by atoms with Crippen molar-refractivity contribution in [3.63, 3.8) is 0 Å². The van der Waals surface area contributed by atoms with Gasteiger partial charge in [-0.1, -0.05) is 0 Å². The predicted molar refractivity (Wildman–Crippen MR) is 91.7 cm³/mol. The summed E-state index contributed by atoms with van der Waals surface area (Å²) in [6.45, 7) is 6.00. The van der Waals surface area contributed by atoms with Gasteiger partial charge >= 0.3 is 16.2 Å². The standard InChI is InChI=1S/C12H15N5O4S.C2H5/c13-4-5-15-10-2-1-8(7-16-10)9-3-6-17(22(14,20)21)11(9)12(18)19;1-2/h1-3,6-7H,4-5,13H2,(H,15,16)(H,18,19)(H2,14,20,21);1H2,2H3/q;+1. The monoisotopic (exact) mass is 354 g/mol. The first-order valence-electron chi connectivity index (χ1n) is 6.93. The maximum atomic E-state index is 11.4. The van der Waals surface area contributed by atoms with E-state index in [4.69, 9.17) is 10.9 Å². The van der Waals surface area contributed by atoms with Crippen LogP contribution in [-0.2, 0) is 10.2 Å². The lowest BCUT2D eigenvalue weighted by Gasteiger charge is -2.07. The number of anilines is 1. The van der Waals surface area contributed by atoms with Gasteiger partial charge < -0.3 is 16.2 Å². The number of nitrogens with zero attached hydrogens (tertiary/aromatic N) is 2. The van der Waals surface area contributed by atoms with E-state index in [1.54, 1.807) is 19.1 Å². The van der Waals surface area contributed by atoms with Crippen LogP contribution >= 0.6 is 0 Å². The summed E-state index contributed by atoms with van der Waals surface area (Å²) in [7, 11) is -4.20. The quantitative estimate of drug-likeness (QED) is 0.551. The zero-order valence-corrected chi connectivity index (χ0v) is 14.0. The summed E-state index contributed by atoms with van der Waals surface area (Å²) in [5.74, 6) is -0.823. The Hall–Kier alpha value is -2.56. The van der Waals surface area contributed by atoms with E-state index in [1.807, 2.05) is 0 Å². The smallest absolute Gasteiger partial charge is 0.354 e. The second-order valence-corrected chi connectivity index (χ2v) is 5.79. The molecule has 2 heterocycles. The van der Waals surface area contributed by atoms with Gasteiger partial charge in [0.1, 0.15) is 5.82 Å². The Morgan fingerprint density at radius 1 is 1.38 bits per heavy atom. The molecule has 24 heavy (non-hydrogen) atoms. The van der Waals surface area contributed by atoms with Gasteiger partial charge in [-0.3, -0.25) is 0 Å². The summed E-state index contributed by atoms with van der Waals surface area (Å²) in [6, 6.07) is 4.63. The predicted octanol–water partition coefficient (Wildman–Crippen LogP) is 0.511. The Morgan fingerprint density at radius 2 is 2.04 bits per heavy atom. The minimum Gasteiger partial charge on any atom is -0.477 e. The number of pyridine rings is 1. The molecule has 2 rings (SSSR count). The van der Waals surface area contributed by atoms with Crippen molar-refractivity contribution in [1.82, 2.24) is 8.96 Å². The molecular weight excluding hydrogens is 334 g/mol. The fourth-order valence-electron chi connectivity index (χ4n) is 1.93. The number of rotatable bonds is 6. The summed E-state index contributed by atoms with van der Waals surface area (Å²) >= 11 is 0. The lowest BCUT2D eigenvalue weighted by Crippen LogP contribution is -2.24. The molecule has 10 heteroatoms. The Kier molecular flexibility index (Phi) is 6.77. The van der Waals surface area contributed by atoms with Crippen molar-refractivity contribution in [3.8, 4) is 11.1 Å². The molecule has 0 spiro atoms. The van der Waals surface area contributed by atoms with Crippen LogP contribution in [0.5, 0.6) is 0 Å². The van der Waals surface area contributed by atoms with Crippen LogP contribution in [0.3, 0.4) is 0 Å². The van der Waals surface area contributed by atoms with Crippen molar-refractivity contribution in [3.05, 3.63) is 43.2 Å². The Bertz CT molecular complexity index is 784. The van der Waals surface area contributed by atoms with Gasteiger partial charge in [0, 0.05) is 36.6 Å². The maximum absolute atomic E-state index is 11.4. The highest BCUT2D eigenvalue weighted by molar-refractivity contribution is 7.87. The molecule has 2 aromatic rings. The largest absolute Gasteiger partial charge is 0.477 e. The first-order chi connectivity index (χ1) is 11.3. The third-order valence-electron chi connectivity index (χ3n) is 2.85. The molecule has 0 aliphatic carbocycles. The van der Waals surface area contributed by atoms with Gasteiger partial charge in [0.05, 0.1) is 13.8 Å². The summed E-state index contributed by atoms with van der Waals surface area (Å²) in [5.41, 5.74) is 5.59. The van der Waals surface area contributed by atoms with Gasteiger partial charge in [-0.2, -0.15) is 8.42 Å². The number of hydrogen-bond acceptors (Lipinski definition) is 6. The van der Waals surface area contributed by atoms with E-state index in [2.05, 4.69) is 17.2 Å². The van der Waals surface area contributed by atoms with Crippen LogP contribution in [0.25, 0.3) is 11.1 Å². The van der Waals surface area contributed by atoms with Crippen molar-refractivity contribution in [2.45, 2.75) is 6.92 Å². The minimum atomic E-state index is -4.20. The van der Waals surface area contributed by atoms with Crippen LogP contribution < -0.4 is 16.2 Å². The molecule has 6 N–H and O–H groups in total. The van der Waals surface area contributed by atoms with Gasteiger partial charge in [-0.05, 0) is 18.2 Å². The Morgan fingerprint density at radius 3 is 2.50 bits per heavy atom. The molecule has 0 unspecified atom stereocenters. The number of nitrogens with two attached hydrogens (primary N) is 2. The molecule has 0 amide bonds. The number of aromatic nitrogens is 2. The van der Waals surface area contributed by atoms with E-state index in [0.717, 1.165) is 6.20 Å². The number of carboxylic acid groups (broad SMARTS) is 1. The highest BCUT2D eigenvalue weighted by Crippen LogP contribution is 2.26. The number of carboxylic acids is 1. The molecular formula is C14H20N5O4S+. The summed E-state index contributed by atoms with van der Waals surface area (Å²) in [4.78, 5) is 15.5. The van der Waals surface area contributed by atoms with Crippen LogP contribution in [0.4, 0.5) is 5.82 Å². The first kappa shape index (κ1) is 19.5. The molecule has 130 valence electrons. The fourth-order valence-corrected chi connectivity index (χ4v) is 2.59. The zero-order valence-electron chi connectivity index (χ0n) is 13.1. The van der Waals surface area contributed by atoms with E-state index in [1.165, 1.54) is 12.3 Å². The molecule has 0 fully saturated rings. The molecule has 2 aromatic heterocycles. The molecule has 0 atom stereocenters. The molecule has 0 saturated heterocycles. The van der Waals surface area contributed by atoms with Gasteiger partial charge in [-0.15, -0.1) is 0 Å². The van der Waals surface area contributed by atoms with Gasteiger partial charge in [0.25, 0.3) is 0 Å². The highest BCUT2D eigenvalue weighted by Gasteiger charge is 2.22. The van der Waals surface area contributed by atoms with Crippen molar-refractivity contribution < 1.29 is 18.3 Å². The average Bonchev–Trinajstić information content (AvgIpc) is 3.01. The third kappa shape index (κ3) is 4.47. The molecule has 0 aliphatic heterocycles. The maximum Gasteiger partial charge on any atom is 0.354 e. The summed E-state index contributed by atoms with van der Waals surface area (Å²) < 4.78 is 23.3. The molecule has 9 nitrogen and oxygen atoms in total. The first-order valence-corrected chi connectivity index (χ1v) is 8.44. The van der Waals surface area contributed by atoms with E-state index < -0.39 is 21.9 Å². The lowest BCUT2D eigenvalue weighted by atomic mass is 10.1. The van der Waals surface area contributed by atoms with Crippen molar-refractivity contribution in [1.29, 1.82) is 0 Å². The van der Waals surface area contributed by atoms with Gasteiger partial charge in [0.2, 0.25) is 0 Å². The van der Waals surface area contributed by atoms with Crippen molar-refractivity contribution in [2.24, 2.45) is 10.9 Å². The SMILES string of the molecule is NCCNc1ccc(-c2ccn(S(N)(=O)=O)c2C(=O)O)cn1.[CH2+]C. The lowest BCUT2D eigenvalue weighted by molar-refractivity contribution is 0.0690. The van der Waals surface area contributed by atoms with Gasteiger partial charge in [-0.25, -0.2) is 18.9 Å². The topological polar surface area (TPSA) is 153 Å². The Balaban J connectivity index is 0.00000139. The highest BCUT2D eigenvalue weighted by atomic mass is 32.2. The number of carbonyl (C=O) groups is 1. The van der Waals surface area contributed by atoms with Crippen LogP contribution in [-0.4, -0.2) is 41.5 Å². The second-order valence-electron chi connectivity index (χ2n) is 4.37. The van der Waals surface area contributed by atoms with E-state index >= 15 is 0 Å². The molecule has 0 aromatic carbocycles. The molecule has 0 saturated carbocycles. The third-order valence-corrected chi connectivity index (χ3v) is 3.71. The fraction of sp³-hybridized carbons (Fsp3) is 0.214. The minimum absolute atomic E-state index is 0.208. The molecule has 0 bridgehead atoms. The molecule has 0 radical (unpaired) electrons. The summed E-state index contributed by atoms with van der Waals surface area (Å²) in [5, 5.41) is 17.2. The Labute approximate surface area is 140 Å². The number of aromatic carboxylic acids is 1. The van der Waals surface area contributed by atoms with E-state index in [-0.39, 0.29) is 5.56 Å². The van der Waals surface area contributed by atoms with Crippen LogP contribution in [0, 0.1) is 6.92 Å². The van der Waals surface area contributed by atoms with E-state index in [9.17, 15) is 18.3 Å². The zero-order chi connectivity index (χ0) is 18.3. The second kappa shape index (κ2) is 8.34. The number of hydrogen-bond donors (Lipinski definition) is 4. The van der Waals surface area contributed by atoms with Crippen LogP contribution in [0.2, 0.25) is 0 Å². The van der Waals surface area contributed by atoms with Gasteiger partial charge in [0.15, 0.2) is 5.69 Å². The average molecular weight is 354 g/mol. The van der Waals surface area contributed by atoms with Crippen molar-refractivity contribution in [2.75, 3.05) is 18.4 Å². The van der Waals surface area contributed by atoms with E-state index in [0.29, 0.717) is 28.4 Å². The number of nitrogens with one attached hydrogen (secondary N) is 1. The molecule has 0 aliphatic rings. The normalized spacial score (nSPS) is 10.6.